The van der Waals surface area contributed by atoms with Crippen LogP contribution in [-0.4, -0.2) is 57.2 Å². The molecule has 1 fully saturated rings. The molecule has 1 saturated heterocycles. The van der Waals surface area contributed by atoms with Gasteiger partial charge in [-0.05, 0) is 49.1 Å². The number of aromatic nitrogens is 1. The maximum Gasteiger partial charge on any atom is 0.270 e. The van der Waals surface area contributed by atoms with Crippen molar-refractivity contribution in [3.8, 4) is 0 Å². The van der Waals surface area contributed by atoms with Gasteiger partial charge in [0, 0.05) is 37.6 Å². The highest BCUT2D eigenvalue weighted by Gasteiger charge is 2.32. The highest BCUT2D eigenvalue weighted by atomic mass is 35.5. The summed E-state index contributed by atoms with van der Waals surface area (Å²) in [4.78, 5) is 30.2. The van der Waals surface area contributed by atoms with Gasteiger partial charge in [0.2, 0.25) is 5.91 Å². The number of halogens is 2. The zero-order valence-electron chi connectivity index (χ0n) is 16.8. The van der Waals surface area contributed by atoms with Crippen LogP contribution in [0.1, 0.15) is 29.9 Å². The van der Waals surface area contributed by atoms with Gasteiger partial charge >= 0.3 is 0 Å². The number of fused-ring (bicyclic) bond motifs is 1. The van der Waals surface area contributed by atoms with Gasteiger partial charge < -0.3 is 14.4 Å². The Morgan fingerprint density at radius 1 is 1.27 bits per heavy atom. The molecule has 158 valence electrons. The molecule has 0 saturated carbocycles. The maximum atomic E-state index is 13.7. The van der Waals surface area contributed by atoms with E-state index in [1.165, 1.54) is 12.1 Å². The predicted molar refractivity (Wildman–Crippen MR) is 118 cm³/mol. The SMILES string of the molecule is C[C@H](Cl)C(=O)N1CCN(C(=O)c2cc3ccsc3n2Cc2cccc(F)c2)C[C@@H]1C. The number of alkyl halides is 1. The molecule has 5 nitrogen and oxygen atoms in total. The Morgan fingerprint density at radius 3 is 2.77 bits per heavy atom. The van der Waals surface area contributed by atoms with Crippen molar-refractivity contribution in [1.29, 1.82) is 0 Å². The second-order valence-corrected chi connectivity index (χ2v) is 9.22. The van der Waals surface area contributed by atoms with E-state index in [2.05, 4.69) is 0 Å². The molecule has 0 bridgehead atoms. The van der Waals surface area contributed by atoms with Crippen LogP contribution in [0.15, 0.2) is 41.8 Å². The molecule has 30 heavy (non-hydrogen) atoms. The number of amides is 2. The summed E-state index contributed by atoms with van der Waals surface area (Å²) < 4.78 is 15.6. The first kappa shape index (κ1) is 20.9. The van der Waals surface area contributed by atoms with Crippen LogP contribution < -0.4 is 0 Å². The molecule has 3 aromatic rings. The molecular weight excluding hydrogens is 425 g/mol. The number of benzene rings is 1. The number of thiophene rings is 1. The minimum absolute atomic E-state index is 0.0762. The van der Waals surface area contributed by atoms with Crippen LogP contribution in [0.5, 0.6) is 0 Å². The van der Waals surface area contributed by atoms with E-state index in [0.717, 1.165) is 15.8 Å². The Kier molecular flexibility index (Phi) is 5.84. The smallest absolute Gasteiger partial charge is 0.270 e. The van der Waals surface area contributed by atoms with Gasteiger partial charge in [0.05, 0.1) is 0 Å². The molecule has 0 spiro atoms. The summed E-state index contributed by atoms with van der Waals surface area (Å²) in [6, 6.07) is 10.2. The number of carbonyl (C=O) groups excluding carboxylic acids is 2. The minimum atomic E-state index is -0.579. The largest absolute Gasteiger partial charge is 0.335 e. The zero-order valence-corrected chi connectivity index (χ0v) is 18.4. The van der Waals surface area contributed by atoms with Gasteiger partial charge in [0.1, 0.15) is 21.7 Å². The molecule has 1 aromatic carbocycles. The van der Waals surface area contributed by atoms with Gasteiger partial charge in [-0.3, -0.25) is 9.59 Å². The number of nitrogens with zero attached hydrogens (tertiary/aromatic N) is 3. The van der Waals surface area contributed by atoms with Gasteiger partial charge in [0.15, 0.2) is 0 Å². The monoisotopic (exact) mass is 447 g/mol. The van der Waals surface area contributed by atoms with E-state index >= 15 is 0 Å². The quantitative estimate of drug-likeness (QED) is 0.563. The Bertz CT molecular complexity index is 1090. The number of carbonyl (C=O) groups is 2. The van der Waals surface area contributed by atoms with Crippen LogP contribution in [0, 0.1) is 5.82 Å². The van der Waals surface area contributed by atoms with E-state index in [-0.39, 0.29) is 23.7 Å². The summed E-state index contributed by atoms with van der Waals surface area (Å²) in [5.41, 5.74) is 1.38. The molecule has 2 atom stereocenters. The third-order valence-corrected chi connectivity index (χ3v) is 6.63. The second-order valence-electron chi connectivity index (χ2n) is 7.67. The molecule has 8 heteroatoms. The normalized spacial score (nSPS) is 18.1. The van der Waals surface area contributed by atoms with E-state index in [1.807, 2.05) is 35.1 Å². The third kappa shape index (κ3) is 3.96. The first-order valence-corrected chi connectivity index (χ1v) is 11.2. The van der Waals surface area contributed by atoms with Crippen LogP contribution in [0.25, 0.3) is 10.2 Å². The maximum absolute atomic E-state index is 13.7. The molecule has 4 rings (SSSR count). The van der Waals surface area contributed by atoms with E-state index in [1.54, 1.807) is 34.1 Å². The molecule has 3 heterocycles. The Morgan fingerprint density at radius 2 is 2.07 bits per heavy atom. The van der Waals surface area contributed by atoms with Gasteiger partial charge in [-0.15, -0.1) is 22.9 Å². The standard InChI is InChI=1S/C22H23ClFN3O2S/c1-14-12-25(7-8-26(14)20(28)15(2)23)21(29)19-11-17-6-9-30-22(17)27(19)13-16-4-3-5-18(24)10-16/h3-6,9-11,14-15H,7-8,12-13H2,1-2H3/t14-,15-/m0/s1. The predicted octanol–water partition coefficient (Wildman–Crippen LogP) is 4.19. The van der Waals surface area contributed by atoms with E-state index in [0.29, 0.717) is 31.9 Å². The third-order valence-electron chi connectivity index (χ3n) is 5.49. The molecule has 0 radical (unpaired) electrons. The summed E-state index contributed by atoms with van der Waals surface area (Å²) in [5.74, 6) is -0.475. The fraction of sp³-hybridized carbons (Fsp3) is 0.364. The highest BCUT2D eigenvalue weighted by Crippen LogP contribution is 2.28. The van der Waals surface area contributed by atoms with Crippen molar-refractivity contribution >= 4 is 45.0 Å². The van der Waals surface area contributed by atoms with Crippen molar-refractivity contribution in [2.24, 2.45) is 0 Å². The Balaban J connectivity index is 1.60. The zero-order chi connectivity index (χ0) is 21.4. The van der Waals surface area contributed by atoms with Crippen molar-refractivity contribution in [3.05, 3.63) is 58.9 Å². The number of hydrogen-bond donors (Lipinski definition) is 0. The lowest BCUT2D eigenvalue weighted by molar-refractivity contribution is -0.134. The number of hydrogen-bond acceptors (Lipinski definition) is 3. The molecule has 1 aliphatic rings. The topological polar surface area (TPSA) is 45.6 Å². The molecular formula is C22H23ClFN3O2S. The minimum Gasteiger partial charge on any atom is -0.335 e. The van der Waals surface area contributed by atoms with Crippen LogP contribution in [-0.2, 0) is 11.3 Å². The van der Waals surface area contributed by atoms with Gasteiger partial charge in [-0.2, -0.15) is 0 Å². The molecule has 2 amide bonds. The van der Waals surface area contributed by atoms with Crippen LogP contribution >= 0.6 is 22.9 Å². The molecule has 0 N–H and O–H groups in total. The van der Waals surface area contributed by atoms with Crippen LogP contribution in [0.4, 0.5) is 4.39 Å². The summed E-state index contributed by atoms with van der Waals surface area (Å²) in [6.07, 6.45) is 0. The lowest BCUT2D eigenvalue weighted by Crippen LogP contribution is -2.56. The summed E-state index contributed by atoms with van der Waals surface area (Å²) in [6.45, 7) is 5.38. The van der Waals surface area contributed by atoms with Crippen molar-refractivity contribution < 1.29 is 14.0 Å². The van der Waals surface area contributed by atoms with Gasteiger partial charge in [-0.1, -0.05) is 12.1 Å². The fourth-order valence-electron chi connectivity index (χ4n) is 3.99. The molecule has 0 aliphatic carbocycles. The molecule has 2 aromatic heterocycles. The Labute approximate surface area is 183 Å². The van der Waals surface area contributed by atoms with Gasteiger partial charge in [-0.25, -0.2) is 4.39 Å². The highest BCUT2D eigenvalue weighted by molar-refractivity contribution is 7.16. The lowest BCUT2D eigenvalue weighted by atomic mass is 10.1. The summed E-state index contributed by atoms with van der Waals surface area (Å²) >= 11 is 7.52. The van der Waals surface area contributed by atoms with Gasteiger partial charge in [0.25, 0.3) is 5.91 Å². The van der Waals surface area contributed by atoms with E-state index < -0.39 is 5.38 Å². The molecule has 0 unspecified atom stereocenters. The van der Waals surface area contributed by atoms with E-state index in [4.69, 9.17) is 11.6 Å². The second kappa shape index (κ2) is 8.40. The summed E-state index contributed by atoms with van der Waals surface area (Å²) in [7, 11) is 0. The fourth-order valence-corrected chi connectivity index (χ4v) is 5.01. The lowest BCUT2D eigenvalue weighted by Gasteiger charge is -2.40. The van der Waals surface area contributed by atoms with Crippen LogP contribution in [0.3, 0.4) is 0 Å². The van der Waals surface area contributed by atoms with E-state index in [9.17, 15) is 14.0 Å². The molecule has 1 aliphatic heterocycles. The first-order chi connectivity index (χ1) is 14.3. The average molecular weight is 448 g/mol. The average Bonchev–Trinajstić information content (AvgIpc) is 3.29. The van der Waals surface area contributed by atoms with Crippen molar-refractivity contribution in [2.75, 3.05) is 19.6 Å². The number of piperazine rings is 1. The van der Waals surface area contributed by atoms with Crippen molar-refractivity contribution in [2.45, 2.75) is 31.8 Å². The first-order valence-electron chi connectivity index (χ1n) is 9.90. The summed E-state index contributed by atoms with van der Waals surface area (Å²) in [5, 5.41) is 2.41. The Hall–Kier alpha value is -2.38. The van der Waals surface area contributed by atoms with Crippen molar-refractivity contribution in [3.63, 3.8) is 0 Å². The van der Waals surface area contributed by atoms with Crippen molar-refractivity contribution in [1.82, 2.24) is 14.4 Å². The number of rotatable bonds is 4. The van der Waals surface area contributed by atoms with Crippen LogP contribution in [0.2, 0.25) is 0 Å².